The van der Waals surface area contributed by atoms with Crippen LogP contribution in [0.25, 0.3) is 0 Å². The number of carbonyl (C=O) groups is 2. The van der Waals surface area contributed by atoms with E-state index in [1.165, 1.54) is 12.3 Å². The zero-order valence-corrected chi connectivity index (χ0v) is 13.1. The Morgan fingerprint density at radius 2 is 2.17 bits per heavy atom. The van der Waals surface area contributed by atoms with Crippen LogP contribution < -0.4 is 10.2 Å². The van der Waals surface area contributed by atoms with Crippen molar-refractivity contribution in [3.05, 3.63) is 23.9 Å². The number of carbonyl (C=O) groups excluding carboxylic acids is 2. The Morgan fingerprint density at radius 3 is 2.75 bits per heavy atom. The average molecular weight is 345 g/mol. The molecule has 132 valence electrons. The largest absolute Gasteiger partial charge is 0.462 e. The van der Waals surface area contributed by atoms with Gasteiger partial charge >= 0.3 is 12.1 Å². The van der Waals surface area contributed by atoms with Crippen LogP contribution in [0.5, 0.6) is 0 Å². The Morgan fingerprint density at radius 1 is 1.42 bits per heavy atom. The molecule has 1 N–H and O–H groups in total. The van der Waals surface area contributed by atoms with E-state index >= 15 is 0 Å². The van der Waals surface area contributed by atoms with Gasteiger partial charge in [0.2, 0.25) is 5.91 Å². The number of ether oxygens (including phenoxy) is 1. The van der Waals surface area contributed by atoms with Gasteiger partial charge < -0.3 is 15.0 Å². The SMILES string of the molecule is CCOC(=O)c1ccc(N2CCC[C@@H]2C(=O)NCC(F)(F)F)nc1. The highest BCUT2D eigenvalue weighted by atomic mass is 19.4. The number of anilines is 1. The number of hydrogen-bond acceptors (Lipinski definition) is 5. The van der Waals surface area contributed by atoms with Gasteiger partial charge in [-0.1, -0.05) is 0 Å². The molecular formula is C15H18F3N3O3. The van der Waals surface area contributed by atoms with Gasteiger partial charge in [0.15, 0.2) is 0 Å². The molecule has 0 unspecified atom stereocenters. The molecule has 0 bridgehead atoms. The number of aromatic nitrogens is 1. The van der Waals surface area contributed by atoms with Crippen LogP contribution in [-0.2, 0) is 9.53 Å². The topological polar surface area (TPSA) is 71.5 Å². The summed E-state index contributed by atoms with van der Waals surface area (Å²) in [7, 11) is 0. The van der Waals surface area contributed by atoms with Crippen molar-refractivity contribution in [3.63, 3.8) is 0 Å². The molecule has 1 amide bonds. The Kier molecular flexibility index (Phi) is 5.63. The minimum Gasteiger partial charge on any atom is -0.462 e. The summed E-state index contributed by atoms with van der Waals surface area (Å²) in [6.07, 6.45) is -1.99. The van der Waals surface area contributed by atoms with Gasteiger partial charge in [-0.25, -0.2) is 9.78 Å². The highest BCUT2D eigenvalue weighted by Gasteiger charge is 2.34. The van der Waals surface area contributed by atoms with Gasteiger partial charge in [0.1, 0.15) is 18.4 Å². The lowest BCUT2D eigenvalue weighted by molar-refractivity contribution is -0.139. The average Bonchev–Trinajstić information content (AvgIpc) is 3.02. The predicted molar refractivity (Wildman–Crippen MR) is 79.6 cm³/mol. The van der Waals surface area contributed by atoms with Crippen LogP contribution in [0.4, 0.5) is 19.0 Å². The molecule has 0 spiro atoms. The van der Waals surface area contributed by atoms with E-state index in [9.17, 15) is 22.8 Å². The molecule has 2 heterocycles. The molecule has 6 nitrogen and oxygen atoms in total. The zero-order valence-electron chi connectivity index (χ0n) is 13.1. The van der Waals surface area contributed by atoms with Gasteiger partial charge in [0.05, 0.1) is 12.2 Å². The quantitative estimate of drug-likeness (QED) is 0.826. The van der Waals surface area contributed by atoms with Crippen LogP contribution in [0.15, 0.2) is 18.3 Å². The lowest BCUT2D eigenvalue weighted by Crippen LogP contribution is -2.46. The minimum atomic E-state index is -4.45. The van der Waals surface area contributed by atoms with Crippen molar-refractivity contribution in [2.75, 3.05) is 24.6 Å². The lowest BCUT2D eigenvalue weighted by atomic mass is 10.2. The fraction of sp³-hybridized carbons (Fsp3) is 0.533. The van der Waals surface area contributed by atoms with E-state index in [2.05, 4.69) is 4.98 Å². The highest BCUT2D eigenvalue weighted by molar-refractivity contribution is 5.89. The number of nitrogens with one attached hydrogen (secondary N) is 1. The Balaban J connectivity index is 2.04. The van der Waals surface area contributed by atoms with Crippen molar-refractivity contribution in [2.45, 2.75) is 32.0 Å². The van der Waals surface area contributed by atoms with Gasteiger partial charge in [-0.2, -0.15) is 13.2 Å². The first-order valence-corrected chi connectivity index (χ1v) is 7.56. The lowest BCUT2D eigenvalue weighted by Gasteiger charge is -2.25. The van der Waals surface area contributed by atoms with Gasteiger partial charge in [0, 0.05) is 12.7 Å². The maximum atomic E-state index is 12.2. The molecule has 0 aliphatic carbocycles. The van der Waals surface area contributed by atoms with Crippen LogP contribution in [0.1, 0.15) is 30.1 Å². The van der Waals surface area contributed by atoms with Crippen LogP contribution in [0, 0.1) is 0 Å². The first kappa shape index (κ1) is 18.0. The maximum absolute atomic E-state index is 12.2. The van der Waals surface area contributed by atoms with Crippen LogP contribution in [0.2, 0.25) is 0 Å². The second-order valence-electron chi connectivity index (χ2n) is 5.31. The molecule has 0 radical (unpaired) electrons. The van der Waals surface area contributed by atoms with Crippen molar-refractivity contribution in [1.29, 1.82) is 0 Å². The summed E-state index contributed by atoms with van der Waals surface area (Å²) in [6, 6.07) is 2.37. The summed E-state index contributed by atoms with van der Waals surface area (Å²) in [5.41, 5.74) is 0.276. The Labute approximate surface area is 137 Å². The fourth-order valence-corrected chi connectivity index (χ4v) is 2.51. The third kappa shape index (κ3) is 4.59. The molecule has 1 aliphatic rings. The van der Waals surface area contributed by atoms with Gasteiger partial charge in [-0.15, -0.1) is 0 Å². The molecule has 0 saturated carbocycles. The number of halogens is 3. The molecule has 24 heavy (non-hydrogen) atoms. The number of alkyl halides is 3. The van der Waals surface area contributed by atoms with Crippen molar-refractivity contribution in [1.82, 2.24) is 10.3 Å². The van der Waals surface area contributed by atoms with E-state index in [-0.39, 0.29) is 12.2 Å². The zero-order chi connectivity index (χ0) is 17.7. The summed E-state index contributed by atoms with van der Waals surface area (Å²) in [4.78, 5) is 29.3. The number of esters is 1. The van der Waals surface area contributed by atoms with E-state index in [4.69, 9.17) is 4.74 Å². The van der Waals surface area contributed by atoms with Crippen LogP contribution in [0.3, 0.4) is 0 Å². The molecular weight excluding hydrogens is 327 g/mol. The summed E-state index contributed by atoms with van der Waals surface area (Å²) in [5, 5.41) is 1.90. The summed E-state index contributed by atoms with van der Waals surface area (Å²) in [6.45, 7) is 1.09. The maximum Gasteiger partial charge on any atom is 0.405 e. The Hall–Kier alpha value is -2.32. The standard InChI is InChI=1S/C15H18F3N3O3/c1-2-24-14(23)10-5-6-12(19-8-10)21-7-3-4-11(21)13(22)20-9-15(16,17)18/h5-6,8,11H,2-4,7,9H2,1H3,(H,20,22)/t11-/m1/s1. The second-order valence-corrected chi connectivity index (χ2v) is 5.31. The first-order valence-electron chi connectivity index (χ1n) is 7.56. The Bertz CT molecular complexity index is 590. The molecule has 1 aliphatic heterocycles. The number of rotatable bonds is 5. The third-order valence-corrected chi connectivity index (χ3v) is 3.57. The molecule has 2 rings (SSSR count). The molecule has 1 atom stereocenters. The molecule has 0 aromatic carbocycles. The minimum absolute atomic E-state index is 0.244. The summed E-state index contributed by atoms with van der Waals surface area (Å²) in [5.74, 6) is -0.744. The fourth-order valence-electron chi connectivity index (χ4n) is 2.51. The van der Waals surface area contributed by atoms with Crippen molar-refractivity contribution >= 4 is 17.7 Å². The summed E-state index contributed by atoms with van der Waals surface area (Å²) >= 11 is 0. The van der Waals surface area contributed by atoms with Crippen molar-refractivity contribution in [2.24, 2.45) is 0 Å². The number of amides is 1. The van der Waals surface area contributed by atoms with E-state index < -0.39 is 30.6 Å². The molecule has 1 aromatic rings. The normalized spacial score (nSPS) is 17.7. The number of hydrogen-bond donors (Lipinski definition) is 1. The van der Waals surface area contributed by atoms with Gasteiger partial charge in [-0.3, -0.25) is 4.79 Å². The second kappa shape index (κ2) is 7.50. The molecule has 1 saturated heterocycles. The molecule has 9 heteroatoms. The molecule has 1 fully saturated rings. The first-order chi connectivity index (χ1) is 11.3. The predicted octanol–water partition coefficient (Wildman–Crippen LogP) is 1.91. The van der Waals surface area contributed by atoms with Crippen LogP contribution in [-0.4, -0.2) is 48.8 Å². The number of pyridine rings is 1. The third-order valence-electron chi connectivity index (χ3n) is 3.57. The van der Waals surface area contributed by atoms with E-state index in [1.807, 2.05) is 5.32 Å². The van der Waals surface area contributed by atoms with E-state index in [0.717, 1.165) is 0 Å². The van der Waals surface area contributed by atoms with E-state index in [1.54, 1.807) is 17.9 Å². The van der Waals surface area contributed by atoms with Crippen LogP contribution >= 0.6 is 0 Å². The van der Waals surface area contributed by atoms with Crippen molar-refractivity contribution in [3.8, 4) is 0 Å². The van der Waals surface area contributed by atoms with E-state index in [0.29, 0.717) is 25.2 Å². The number of nitrogens with zero attached hydrogens (tertiary/aromatic N) is 2. The van der Waals surface area contributed by atoms with Gasteiger partial charge in [-0.05, 0) is 31.9 Å². The summed E-state index contributed by atoms with van der Waals surface area (Å²) < 4.78 is 41.5. The highest BCUT2D eigenvalue weighted by Crippen LogP contribution is 2.24. The van der Waals surface area contributed by atoms with Gasteiger partial charge in [0.25, 0.3) is 0 Å². The monoisotopic (exact) mass is 345 g/mol. The smallest absolute Gasteiger partial charge is 0.405 e. The van der Waals surface area contributed by atoms with Crippen molar-refractivity contribution < 1.29 is 27.5 Å². The molecule has 1 aromatic heterocycles.